The van der Waals surface area contributed by atoms with Crippen molar-refractivity contribution in [2.45, 2.75) is 0 Å². The zero-order valence-electron chi connectivity index (χ0n) is 14.0. The molecule has 1 aliphatic rings. The van der Waals surface area contributed by atoms with Gasteiger partial charge >= 0.3 is 0 Å². The number of halogens is 2. The second kappa shape index (κ2) is 9.16. The van der Waals surface area contributed by atoms with Gasteiger partial charge in [0.05, 0.1) is 28.4 Å². The number of ether oxygens (including phenoxy) is 2. The van der Waals surface area contributed by atoms with Crippen LogP contribution in [0.25, 0.3) is 0 Å². The molecule has 136 valence electrons. The molecule has 1 fully saturated rings. The Morgan fingerprint density at radius 2 is 2.04 bits per heavy atom. The van der Waals surface area contributed by atoms with E-state index in [0.29, 0.717) is 42.8 Å². The van der Waals surface area contributed by atoms with Gasteiger partial charge in [0.2, 0.25) is 0 Å². The molecule has 0 aromatic heterocycles. The Morgan fingerprint density at radius 1 is 1.27 bits per heavy atom. The van der Waals surface area contributed by atoms with Crippen LogP contribution in [0.5, 0.6) is 5.75 Å². The maximum absolute atomic E-state index is 12.1. The van der Waals surface area contributed by atoms with E-state index in [1.54, 1.807) is 17.2 Å². The minimum absolute atomic E-state index is 0.00561. The van der Waals surface area contributed by atoms with Crippen LogP contribution in [0.3, 0.4) is 0 Å². The molecule has 0 bridgehead atoms. The third kappa shape index (κ3) is 5.06. The number of amides is 1. The van der Waals surface area contributed by atoms with Crippen LogP contribution >= 0.6 is 27.5 Å². The lowest BCUT2D eigenvalue weighted by Gasteiger charge is -2.26. The van der Waals surface area contributed by atoms with Crippen molar-refractivity contribution in [1.82, 2.24) is 4.90 Å². The smallest absolute Gasteiger partial charge is 0.260 e. The zero-order chi connectivity index (χ0) is 18.4. The van der Waals surface area contributed by atoms with Crippen LogP contribution in [0.15, 0.2) is 51.9 Å². The molecule has 1 aliphatic heterocycles. The van der Waals surface area contributed by atoms with Gasteiger partial charge < -0.3 is 14.4 Å². The van der Waals surface area contributed by atoms with Crippen LogP contribution in [0.4, 0.5) is 5.69 Å². The third-order valence-corrected chi connectivity index (χ3v) is 4.82. The first-order valence-corrected chi connectivity index (χ1v) is 9.37. The number of para-hydroxylation sites is 1. The lowest BCUT2D eigenvalue weighted by Crippen LogP contribution is -2.43. The van der Waals surface area contributed by atoms with Crippen molar-refractivity contribution < 1.29 is 14.3 Å². The number of carbonyl (C=O) groups excluding carboxylic acids is 1. The number of hydrogen-bond donors (Lipinski definition) is 0. The minimum atomic E-state index is -0.0374. The molecular formula is C19H18BrClN2O3. The number of aliphatic imine (C=N–C) groups is 1. The predicted octanol–water partition coefficient (Wildman–Crippen LogP) is 4.09. The molecule has 1 saturated heterocycles. The molecule has 0 atom stereocenters. The SMILES string of the molecule is O=C(COc1ccc(C=Nc2ccccc2Cl)cc1Br)N1CCOCC1. The molecule has 0 aliphatic carbocycles. The van der Waals surface area contributed by atoms with Crippen molar-refractivity contribution in [2.75, 3.05) is 32.9 Å². The standard InChI is InChI=1S/C19H18BrClN2O3/c20-15-11-14(12-22-17-4-2-1-3-16(17)21)5-6-18(15)26-13-19(24)23-7-9-25-10-8-23/h1-6,11-12H,7-10,13H2. The Labute approximate surface area is 165 Å². The van der Waals surface area contributed by atoms with Crippen molar-refractivity contribution in [2.24, 2.45) is 4.99 Å². The van der Waals surface area contributed by atoms with E-state index in [0.717, 1.165) is 10.0 Å². The molecule has 3 rings (SSSR count). The van der Waals surface area contributed by atoms with E-state index in [4.69, 9.17) is 21.1 Å². The van der Waals surface area contributed by atoms with Crippen LogP contribution in [0, 0.1) is 0 Å². The Kier molecular flexibility index (Phi) is 6.66. The summed E-state index contributed by atoms with van der Waals surface area (Å²) in [5.74, 6) is 0.575. The van der Waals surface area contributed by atoms with Gasteiger partial charge in [0.1, 0.15) is 5.75 Å². The van der Waals surface area contributed by atoms with Gasteiger partial charge in [-0.1, -0.05) is 23.7 Å². The van der Waals surface area contributed by atoms with E-state index in [1.165, 1.54) is 0 Å². The monoisotopic (exact) mass is 436 g/mol. The number of carbonyl (C=O) groups is 1. The normalized spacial score (nSPS) is 14.6. The molecule has 26 heavy (non-hydrogen) atoms. The van der Waals surface area contributed by atoms with Gasteiger partial charge in [0.25, 0.3) is 5.91 Å². The van der Waals surface area contributed by atoms with E-state index < -0.39 is 0 Å². The molecular weight excluding hydrogens is 420 g/mol. The highest BCUT2D eigenvalue weighted by Crippen LogP contribution is 2.27. The molecule has 0 saturated carbocycles. The van der Waals surface area contributed by atoms with Crippen LogP contribution in [0.2, 0.25) is 5.02 Å². The molecule has 1 amide bonds. The third-order valence-electron chi connectivity index (χ3n) is 3.88. The van der Waals surface area contributed by atoms with Crippen molar-refractivity contribution in [1.29, 1.82) is 0 Å². The summed E-state index contributed by atoms with van der Waals surface area (Å²) in [5, 5.41) is 0.601. The quantitative estimate of drug-likeness (QED) is 0.662. The summed E-state index contributed by atoms with van der Waals surface area (Å²) in [4.78, 5) is 18.3. The highest BCUT2D eigenvalue weighted by Gasteiger charge is 2.17. The van der Waals surface area contributed by atoms with Gasteiger partial charge in [-0.3, -0.25) is 9.79 Å². The molecule has 1 heterocycles. The van der Waals surface area contributed by atoms with Crippen LogP contribution < -0.4 is 4.74 Å². The summed E-state index contributed by atoms with van der Waals surface area (Å²) < 4.78 is 11.6. The Hall–Kier alpha value is -1.89. The molecule has 7 heteroatoms. The van der Waals surface area contributed by atoms with Gasteiger partial charge in [0, 0.05) is 19.3 Å². The first kappa shape index (κ1) is 18.9. The Balaban J connectivity index is 1.60. The lowest BCUT2D eigenvalue weighted by molar-refractivity contribution is -0.137. The van der Waals surface area contributed by atoms with Gasteiger partial charge in [-0.15, -0.1) is 0 Å². The average molecular weight is 438 g/mol. The van der Waals surface area contributed by atoms with E-state index in [9.17, 15) is 4.79 Å². The minimum Gasteiger partial charge on any atom is -0.483 e. The van der Waals surface area contributed by atoms with Gasteiger partial charge in [-0.25, -0.2) is 0 Å². The van der Waals surface area contributed by atoms with Crippen molar-refractivity contribution in [3.8, 4) is 5.75 Å². The summed E-state index contributed by atoms with van der Waals surface area (Å²) in [6, 6.07) is 13.0. The first-order chi connectivity index (χ1) is 12.6. The van der Waals surface area contributed by atoms with E-state index in [2.05, 4.69) is 20.9 Å². The summed E-state index contributed by atoms with van der Waals surface area (Å²) in [7, 11) is 0. The predicted molar refractivity (Wildman–Crippen MR) is 106 cm³/mol. The molecule has 0 spiro atoms. The average Bonchev–Trinajstić information content (AvgIpc) is 2.67. The zero-order valence-corrected chi connectivity index (χ0v) is 16.4. The highest BCUT2D eigenvalue weighted by molar-refractivity contribution is 9.10. The summed E-state index contributed by atoms with van der Waals surface area (Å²) >= 11 is 9.57. The fourth-order valence-corrected chi connectivity index (χ4v) is 3.15. The molecule has 0 unspecified atom stereocenters. The molecule has 0 N–H and O–H groups in total. The molecule has 5 nitrogen and oxygen atoms in total. The molecule has 2 aromatic carbocycles. The first-order valence-electron chi connectivity index (χ1n) is 8.20. The summed E-state index contributed by atoms with van der Waals surface area (Å²) in [6.07, 6.45) is 1.73. The topological polar surface area (TPSA) is 51.1 Å². The summed E-state index contributed by atoms with van der Waals surface area (Å²) in [6.45, 7) is 2.39. The fraction of sp³-hybridized carbons (Fsp3) is 0.263. The number of nitrogens with zero attached hydrogens (tertiary/aromatic N) is 2. The number of morpholine rings is 1. The van der Waals surface area contributed by atoms with Gasteiger partial charge in [0.15, 0.2) is 6.61 Å². The maximum atomic E-state index is 12.1. The fourth-order valence-electron chi connectivity index (χ4n) is 2.46. The maximum Gasteiger partial charge on any atom is 0.260 e. The van der Waals surface area contributed by atoms with Crippen molar-refractivity contribution in [3.63, 3.8) is 0 Å². The molecule has 0 radical (unpaired) electrons. The highest BCUT2D eigenvalue weighted by atomic mass is 79.9. The van der Waals surface area contributed by atoms with E-state index in [1.807, 2.05) is 36.4 Å². The lowest BCUT2D eigenvalue weighted by atomic mass is 10.2. The largest absolute Gasteiger partial charge is 0.483 e. The number of benzene rings is 2. The number of rotatable bonds is 5. The van der Waals surface area contributed by atoms with Gasteiger partial charge in [-0.2, -0.15) is 0 Å². The van der Waals surface area contributed by atoms with E-state index in [-0.39, 0.29) is 12.5 Å². The van der Waals surface area contributed by atoms with Crippen molar-refractivity contribution >= 4 is 45.3 Å². The Morgan fingerprint density at radius 3 is 2.77 bits per heavy atom. The van der Waals surface area contributed by atoms with Crippen molar-refractivity contribution in [3.05, 3.63) is 57.5 Å². The van der Waals surface area contributed by atoms with Gasteiger partial charge in [-0.05, 0) is 51.8 Å². The second-order valence-electron chi connectivity index (χ2n) is 5.68. The van der Waals surface area contributed by atoms with Crippen LogP contribution in [-0.2, 0) is 9.53 Å². The number of hydrogen-bond acceptors (Lipinski definition) is 4. The molecule has 2 aromatic rings. The summed E-state index contributed by atoms with van der Waals surface area (Å²) in [5.41, 5.74) is 1.60. The second-order valence-corrected chi connectivity index (χ2v) is 6.94. The Bertz CT molecular complexity index is 807. The van der Waals surface area contributed by atoms with Crippen LogP contribution in [0.1, 0.15) is 5.56 Å². The van der Waals surface area contributed by atoms with E-state index >= 15 is 0 Å². The van der Waals surface area contributed by atoms with Crippen LogP contribution in [-0.4, -0.2) is 49.9 Å².